The lowest BCUT2D eigenvalue weighted by Gasteiger charge is -2.35. The molecule has 6 heteroatoms. The van der Waals surface area contributed by atoms with Crippen LogP contribution in [0.2, 0.25) is 0 Å². The van der Waals surface area contributed by atoms with Crippen LogP contribution in [-0.2, 0) is 9.53 Å². The van der Waals surface area contributed by atoms with Gasteiger partial charge in [0.1, 0.15) is 6.10 Å². The molecule has 1 aliphatic rings. The number of hydrogen-bond acceptors (Lipinski definition) is 3. The quantitative estimate of drug-likeness (QED) is 0.881. The summed E-state index contributed by atoms with van der Waals surface area (Å²) < 4.78 is 6.81. The second-order valence-electron chi connectivity index (χ2n) is 5.47. The summed E-state index contributed by atoms with van der Waals surface area (Å²) in [5.74, 6) is 0.168. The van der Waals surface area contributed by atoms with Crippen molar-refractivity contribution in [2.45, 2.75) is 26.0 Å². The smallest absolute Gasteiger partial charge is 0.239 e. The SMILES string of the molecule is CC(C)C(N)C(=O)N1CCOC(c2ccc(Br)cc2)C1.Cl. The highest BCUT2D eigenvalue weighted by molar-refractivity contribution is 9.10. The summed E-state index contributed by atoms with van der Waals surface area (Å²) in [4.78, 5) is 14.1. The molecule has 2 unspecified atom stereocenters. The minimum atomic E-state index is -0.432. The zero-order valence-electron chi connectivity index (χ0n) is 12.3. The van der Waals surface area contributed by atoms with Crippen LogP contribution in [-0.4, -0.2) is 36.5 Å². The summed E-state index contributed by atoms with van der Waals surface area (Å²) in [5.41, 5.74) is 7.04. The third kappa shape index (κ3) is 4.68. The van der Waals surface area contributed by atoms with Gasteiger partial charge in [-0.25, -0.2) is 0 Å². The largest absolute Gasteiger partial charge is 0.370 e. The Bertz CT molecular complexity index is 467. The molecule has 0 bridgehead atoms. The van der Waals surface area contributed by atoms with Gasteiger partial charge in [-0.05, 0) is 23.6 Å². The lowest BCUT2D eigenvalue weighted by atomic mass is 10.0. The topological polar surface area (TPSA) is 55.6 Å². The van der Waals surface area contributed by atoms with Crippen LogP contribution in [0.3, 0.4) is 0 Å². The van der Waals surface area contributed by atoms with E-state index in [9.17, 15) is 4.79 Å². The van der Waals surface area contributed by atoms with Gasteiger partial charge in [-0.1, -0.05) is 41.9 Å². The Balaban J connectivity index is 0.00000220. The Morgan fingerprint density at radius 1 is 1.38 bits per heavy atom. The van der Waals surface area contributed by atoms with Crippen LogP contribution in [0.25, 0.3) is 0 Å². The fraction of sp³-hybridized carbons (Fsp3) is 0.533. The highest BCUT2D eigenvalue weighted by Gasteiger charge is 2.29. The predicted molar refractivity (Wildman–Crippen MR) is 89.5 cm³/mol. The van der Waals surface area contributed by atoms with E-state index in [4.69, 9.17) is 10.5 Å². The van der Waals surface area contributed by atoms with Crippen molar-refractivity contribution in [3.8, 4) is 0 Å². The van der Waals surface area contributed by atoms with Gasteiger partial charge < -0.3 is 15.4 Å². The van der Waals surface area contributed by atoms with Crippen LogP contribution in [0.5, 0.6) is 0 Å². The number of rotatable bonds is 3. The van der Waals surface area contributed by atoms with Crippen LogP contribution in [0.1, 0.15) is 25.5 Å². The van der Waals surface area contributed by atoms with Gasteiger partial charge in [0.2, 0.25) is 5.91 Å². The highest BCUT2D eigenvalue weighted by atomic mass is 79.9. The summed E-state index contributed by atoms with van der Waals surface area (Å²) in [7, 11) is 0. The average Bonchev–Trinajstić information content (AvgIpc) is 2.46. The third-order valence-corrected chi connectivity index (χ3v) is 4.15. The van der Waals surface area contributed by atoms with Crippen molar-refractivity contribution in [1.82, 2.24) is 4.90 Å². The van der Waals surface area contributed by atoms with Gasteiger partial charge in [0, 0.05) is 11.0 Å². The van der Waals surface area contributed by atoms with E-state index in [-0.39, 0.29) is 30.3 Å². The van der Waals surface area contributed by atoms with E-state index in [1.807, 2.05) is 43.0 Å². The zero-order chi connectivity index (χ0) is 14.7. The Morgan fingerprint density at radius 2 is 2.00 bits per heavy atom. The molecular formula is C15H22BrClN2O2. The molecule has 0 aliphatic carbocycles. The van der Waals surface area contributed by atoms with E-state index in [0.717, 1.165) is 10.0 Å². The van der Waals surface area contributed by atoms with Crippen LogP contribution in [0, 0.1) is 5.92 Å². The number of nitrogens with two attached hydrogens (primary N) is 1. The summed E-state index contributed by atoms with van der Waals surface area (Å²) >= 11 is 3.42. The summed E-state index contributed by atoms with van der Waals surface area (Å²) in [6.45, 7) is 5.68. The van der Waals surface area contributed by atoms with Crippen LogP contribution in [0.4, 0.5) is 0 Å². The second kappa shape index (κ2) is 8.13. The molecule has 1 aliphatic heterocycles. The van der Waals surface area contributed by atoms with Gasteiger partial charge in [0.25, 0.3) is 0 Å². The van der Waals surface area contributed by atoms with Gasteiger partial charge in [-0.3, -0.25) is 4.79 Å². The number of nitrogens with zero attached hydrogens (tertiary/aromatic N) is 1. The molecular weight excluding hydrogens is 356 g/mol. The summed E-state index contributed by atoms with van der Waals surface area (Å²) in [6, 6.07) is 7.58. The molecule has 0 spiro atoms. The number of benzene rings is 1. The van der Waals surface area contributed by atoms with Crippen molar-refractivity contribution in [2.75, 3.05) is 19.7 Å². The zero-order valence-corrected chi connectivity index (χ0v) is 14.7. The fourth-order valence-corrected chi connectivity index (χ4v) is 2.49. The summed E-state index contributed by atoms with van der Waals surface area (Å²) in [6.07, 6.45) is -0.0693. The normalized spacial score (nSPS) is 20.0. The van der Waals surface area contributed by atoms with Crippen molar-refractivity contribution < 1.29 is 9.53 Å². The number of carbonyl (C=O) groups excluding carboxylic acids is 1. The number of ether oxygens (including phenoxy) is 1. The van der Waals surface area contributed by atoms with Crippen LogP contribution in [0.15, 0.2) is 28.7 Å². The molecule has 1 aromatic rings. The molecule has 2 N–H and O–H groups in total. The lowest BCUT2D eigenvalue weighted by molar-refractivity contribution is -0.141. The maximum absolute atomic E-state index is 12.3. The predicted octanol–water partition coefficient (Wildman–Crippen LogP) is 2.75. The van der Waals surface area contributed by atoms with Crippen molar-refractivity contribution in [2.24, 2.45) is 11.7 Å². The summed E-state index contributed by atoms with van der Waals surface area (Å²) in [5, 5.41) is 0. The first-order chi connectivity index (χ1) is 9.49. The maximum atomic E-state index is 12.3. The van der Waals surface area contributed by atoms with Crippen LogP contribution < -0.4 is 5.73 Å². The Kier molecular flexibility index (Phi) is 7.13. The number of amides is 1. The molecule has 0 saturated carbocycles. The lowest BCUT2D eigenvalue weighted by Crippen LogP contribution is -2.51. The van der Waals surface area contributed by atoms with E-state index in [0.29, 0.717) is 19.7 Å². The molecule has 1 heterocycles. The minimum absolute atomic E-state index is 0. The molecule has 1 aromatic carbocycles. The van der Waals surface area contributed by atoms with Gasteiger partial charge in [-0.15, -0.1) is 12.4 Å². The number of morpholine rings is 1. The molecule has 2 atom stereocenters. The molecule has 0 aromatic heterocycles. The van der Waals surface area contributed by atoms with Gasteiger partial charge >= 0.3 is 0 Å². The van der Waals surface area contributed by atoms with Gasteiger partial charge in [0.05, 0.1) is 19.2 Å². The molecule has 2 rings (SSSR count). The standard InChI is InChI=1S/C15H21BrN2O2.ClH/c1-10(2)14(17)15(19)18-7-8-20-13(9-18)11-3-5-12(16)6-4-11;/h3-6,10,13-14H,7-9,17H2,1-2H3;1H. The number of hydrogen-bond donors (Lipinski definition) is 1. The minimum Gasteiger partial charge on any atom is -0.370 e. The molecule has 21 heavy (non-hydrogen) atoms. The van der Waals surface area contributed by atoms with E-state index in [1.165, 1.54) is 0 Å². The van der Waals surface area contributed by atoms with Gasteiger partial charge in [-0.2, -0.15) is 0 Å². The highest BCUT2D eigenvalue weighted by Crippen LogP contribution is 2.24. The number of carbonyl (C=O) groups is 1. The molecule has 0 radical (unpaired) electrons. The third-order valence-electron chi connectivity index (χ3n) is 3.62. The maximum Gasteiger partial charge on any atom is 0.239 e. The van der Waals surface area contributed by atoms with Crippen molar-refractivity contribution >= 4 is 34.2 Å². The first kappa shape index (κ1) is 18.4. The second-order valence-corrected chi connectivity index (χ2v) is 6.38. The Morgan fingerprint density at radius 3 is 2.57 bits per heavy atom. The van der Waals surface area contributed by atoms with Crippen molar-refractivity contribution in [3.63, 3.8) is 0 Å². The molecule has 4 nitrogen and oxygen atoms in total. The average molecular weight is 378 g/mol. The van der Waals surface area contributed by atoms with E-state index in [1.54, 1.807) is 0 Å². The molecule has 1 amide bonds. The van der Waals surface area contributed by atoms with Crippen molar-refractivity contribution in [1.29, 1.82) is 0 Å². The van der Waals surface area contributed by atoms with E-state index >= 15 is 0 Å². The van der Waals surface area contributed by atoms with E-state index in [2.05, 4.69) is 15.9 Å². The van der Waals surface area contributed by atoms with Gasteiger partial charge in [0.15, 0.2) is 0 Å². The van der Waals surface area contributed by atoms with Crippen molar-refractivity contribution in [3.05, 3.63) is 34.3 Å². The Hall–Kier alpha value is -0.620. The first-order valence-corrected chi connectivity index (χ1v) is 7.69. The monoisotopic (exact) mass is 376 g/mol. The number of halogens is 2. The van der Waals surface area contributed by atoms with E-state index < -0.39 is 6.04 Å². The first-order valence-electron chi connectivity index (χ1n) is 6.90. The molecule has 1 saturated heterocycles. The fourth-order valence-electron chi connectivity index (χ4n) is 2.22. The molecule has 1 fully saturated rings. The Labute approximate surface area is 140 Å². The molecule has 118 valence electrons. The van der Waals surface area contributed by atoms with Crippen LogP contribution >= 0.6 is 28.3 Å².